The molecular weight excluding hydrogens is 755 g/mol. The van der Waals surface area contributed by atoms with Crippen LogP contribution >= 0.6 is 0 Å². The lowest BCUT2D eigenvalue weighted by Gasteiger charge is -2.23. The van der Waals surface area contributed by atoms with Gasteiger partial charge in [0.15, 0.2) is 5.82 Å². The maximum Gasteiger partial charge on any atom is 0.160 e. The second kappa shape index (κ2) is 14.4. The predicted molar refractivity (Wildman–Crippen MR) is 251 cm³/mol. The number of fused-ring (bicyclic) bond motifs is 7. The summed E-state index contributed by atoms with van der Waals surface area (Å²) < 4.78 is 2.40. The summed E-state index contributed by atoms with van der Waals surface area (Å²) in [6.07, 6.45) is 0. The minimum absolute atomic E-state index is 0.252. The molecule has 0 radical (unpaired) electrons. The van der Waals surface area contributed by atoms with Crippen molar-refractivity contribution in [1.29, 1.82) is 10.5 Å². The number of hydrogen-bond donors (Lipinski definition) is 0. The van der Waals surface area contributed by atoms with Crippen LogP contribution in [0.5, 0.6) is 0 Å². The van der Waals surface area contributed by atoms with E-state index in [1.54, 1.807) is 0 Å². The van der Waals surface area contributed by atoms with E-state index in [4.69, 9.17) is 9.97 Å². The van der Waals surface area contributed by atoms with Crippen molar-refractivity contribution >= 4 is 21.8 Å². The quantitative estimate of drug-likeness (QED) is 0.168. The summed E-state index contributed by atoms with van der Waals surface area (Å²) in [6.45, 7) is 4.68. The van der Waals surface area contributed by atoms with Crippen molar-refractivity contribution in [3.8, 4) is 85.1 Å². The molecule has 5 nitrogen and oxygen atoms in total. The van der Waals surface area contributed by atoms with Crippen LogP contribution in [-0.2, 0) is 5.41 Å². The predicted octanol–water partition coefficient (Wildman–Crippen LogP) is 14.0. The van der Waals surface area contributed by atoms with E-state index < -0.39 is 0 Å². The standard InChI is InChI=1S/C57H37N5/c1-57(2)48-25-11-9-23-43(48)44-27-28-52-53(54(44)57)45-24-10-12-26-51(45)62(52)55-46(40-21-13-15-36(29-40)34-58)31-42(32-47(55)41-22-14-16-37(30-41)35-59)50-33-49(38-17-5-3-6-18-38)60-56(61-50)39-19-7-4-8-20-39/h3-33H,1-2H3. The summed E-state index contributed by atoms with van der Waals surface area (Å²) in [5.41, 5.74) is 17.1. The molecule has 0 fully saturated rings. The average molecular weight is 792 g/mol. The van der Waals surface area contributed by atoms with Gasteiger partial charge in [0.1, 0.15) is 0 Å². The van der Waals surface area contributed by atoms with Crippen molar-refractivity contribution < 1.29 is 0 Å². The molecule has 10 aromatic rings. The van der Waals surface area contributed by atoms with Crippen molar-refractivity contribution in [1.82, 2.24) is 14.5 Å². The molecule has 0 N–H and O–H groups in total. The fourth-order valence-corrected chi connectivity index (χ4v) is 9.62. The second-order valence-electron chi connectivity index (χ2n) is 16.4. The third kappa shape index (κ3) is 5.83. The summed E-state index contributed by atoms with van der Waals surface area (Å²) in [4.78, 5) is 10.4. The molecule has 2 aromatic heterocycles. The Labute approximate surface area is 360 Å². The molecule has 0 saturated carbocycles. The molecule has 11 rings (SSSR count). The first-order valence-corrected chi connectivity index (χ1v) is 20.8. The van der Waals surface area contributed by atoms with Crippen LogP contribution in [0.1, 0.15) is 36.1 Å². The van der Waals surface area contributed by atoms with Crippen molar-refractivity contribution in [3.05, 3.63) is 210 Å². The number of benzene rings is 8. The lowest BCUT2D eigenvalue weighted by Crippen LogP contribution is -2.15. The van der Waals surface area contributed by atoms with Crippen LogP contribution in [0.2, 0.25) is 0 Å². The molecule has 1 aliphatic rings. The highest BCUT2D eigenvalue weighted by Crippen LogP contribution is 2.54. The van der Waals surface area contributed by atoms with Gasteiger partial charge in [0, 0.05) is 44.0 Å². The van der Waals surface area contributed by atoms with Crippen molar-refractivity contribution in [3.63, 3.8) is 0 Å². The Balaban J connectivity index is 1.29. The number of aromatic nitrogens is 3. The van der Waals surface area contributed by atoms with Crippen LogP contribution in [0.25, 0.3) is 94.8 Å². The van der Waals surface area contributed by atoms with Gasteiger partial charge in [-0.05, 0) is 88.0 Å². The molecule has 0 amide bonds. The van der Waals surface area contributed by atoms with Crippen molar-refractivity contribution in [2.24, 2.45) is 0 Å². The van der Waals surface area contributed by atoms with Crippen LogP contribution in [-0.4, -0.2) is 14.5 Å². The minimum Gasteiger partial charge on any atom is -0.308 e. The number of hydrogen-bond acceptors (Lipinski definition) is 4. The molecule has 0 atom stereocenters. The highest BCUT2D eigenvalue weighted by Gasteiger charge is 2.38. The maximum absolute atomic E-state index is 10.3. The van der Waals surface area contributed by atoms with Crippen LogP contribution in [0.15, 0.2) is 188 Å². The molecule has 0 saturated heterocycles. The van der Waals surface area contributed by atoms with E-state index in [0.29, 0.717) is 17.0 Å². The fourth-order valence-electron chi connectivity index (χ4n) is 9.62. The average Bonchev–Trinajstić information content (AvgIpc) is 3.79. The highest BCUT2D eigenvalue weighted by atomic mass is 15.0. The van der Waals surface area contributed by atoms with Gasteiger partial charge in [0.25, 0.3) is 0 Å². The minimum atomic E-state index is -0.252. The first-order valence-electron chi connectivity index (χ1n) is 20.8. The smallest absolute Gasteiger partial charge is 0.160 e. The Kier molecular flexibility index (Phi) is 8.53. The summed E-state index contributed by atoms with van der Waals surface area (Å²) in [5.74, 6) is 0.618. The van der Waals surface area contributed by atoms with Crippen LogP contribution in [0.4, 0.5) is 0 Å². The molecule has 0 spiro atoms. The van der Waals surface area contributed by atoms with Gasteiger partial charge >= 0.3 is 0 Å². The first-order chi connectivity index (χ1) is 30.4. The van der Waals surface area contributed by atoms with Gasteiger partial charge < -0.3 is 4.57 Å². The van der Waals surface area contributed by atoms with Gasteiger partial charge in [-0.1, -0.05) is 147 Å². The van der Waals surface area contributed by atoms with Gasteiger partial charge in [-0.3, -0.25) is 0 Å². The SMILES string of the molecule is CC1(C)c2ccccc2-c2ccc3c(c21)c1ccccc1n3-c1c(-c2cccc(C#N)c2)cc(-c2cc(-c3ccccc3)nc(-c3ccccc3)n2)cc1-c1cccc(C#N)c1. The van der Waals surface area contributed by atoms with Crippen LogP contribution in [0.3, 0.4) is 0 Å². The van der Waals surface area contributed by atoms with Crippen molar-refractivity contribution in [2.45, 2.75) is 19.3 Å². The van der Waals surface area contributed by atoms with E-state index >= 15 is 0 Å². The third-order valence-electron chi connectivity index (χ3n) is 12.4. The Bertz CT molecular complexity index is 3370. The van der Waals surface area contributed by atoms with E-state index in [2.05, 4.69) is 134 Å². The second-order valence-corrected chi connectivity index (χ2v) is 16.4. The maximum atomic E-state index is 10.3. The third-order valence-corrected chi connectivity index (χ3v) is 12.4. The summed E-state index contributed by atoms with van der Waals surface area (Å²) >= 11 is 0. The Morgan fingerprint density at radius 3 is 1.68 bits per heavy atom. The Morgan fingerprint density at radius 2 is 1.02 bits per heavy atom. The molecule has 0 unspecified atom stereocenters. The fraction of sp³-hybridized carbons (Fsp3) is 0.0526. The largest absolute Gasteiger partial charge is 0.308 e. The number of para-hydroxylation sites is 1. The van der Waals surface area contributed by atoms with Gasteiger partial charge in [0.2, 0.25) is 0 Å². The monoisotopic (exact) mass is 791 g/mol. The van der Waals surface area contributed by atoms with E-state index in [0.717, 1.165) is 72.4 Å². The van der Waals surface area contributed by atoms with Gasteiger partial charge in [-0.25, -0.2) is 9.97 Å². The summed E-state index contributed by atoms with van der Waals surface area (Å²) in [6, 6.07) is 69.2. The van der Waals surface area contributed by atoms with E-state index in [1.807, 2.05) is 84.9 Å². The zero-order valence-electron chi connectivity index (χ0n) is 34.1. The van der Waals surface area contributed by atoms with Gasteiger partial charge in [0.05, 0.1) is 51.4 Å². The lowest BCUT2D eigenvalue weighted by molar-refractivity contribution is 0.666. The summed E-state index contributed by atoms with van der Waals surface area (Å²) in [5, 5.41) is 22.9. The molecule has 5 heteroatoms. The van der Waals surface area contributed by atoms with Gasteiger partial charge in [-0.2, -0.15) is 10.5 Å². The number of nitrogens with zero attached hydrogens (tertiary/aromatic N) is 5. The molecular formula is C57H37N5. The van der Waals surface area contributed by atoms with Crippen molar-refractivity contribution in [2.75, 3.05) is 0 Å². The highest BCUT2D eigenvalue weighted by molar-refractivity contribution is 6.15. The Hall–Kier alpha value is -8.38. The summed E-state index contributed by atoms with van der Waals surface area (Å²) in [7, 11) is 0. The normalized spacial score (nSPS) is 12.5. The molecule has 2 heterocycles. The topological polar surface area (TPSA) is 78.3 Å². The van der Waals surface area contributed by atoms with E-state index in [9.17, 15) is 10.5 Å². The number of rotatable bonds is 6. The Morgan fingerprint density at radius 1 is 0.452 bits per heavy atom. The zero-order chi connectivity index (χ0) is 42.0. The molecule has 62 heavy (non-hydrogen) atoms. The van der Waals surface area contributed by atoms with E-state index in [1.165, 1.54) is 27.6 Å². The van der Waals surface area contributed by atoms with E-state index in [-0.39, 0.29) is 5.41 Å². The molecule has 1 aliphatic carbocycles. The van der Waals surface area contributed by atoms with Gasteiger partial charge in [-0.15, -0.1) is 0 Å². The molecule has 0 aliphatic heterocycles. The lowest BCUT2D eigenvalue weighted by atomic mass is 9.80. The molecule has 290 valence electrons. The number of nitriles is 2. The molecule has 0 bridgehead atoms. The molecule has 8 aromatic carbocycles. The first kappa shape index (κ1) is 36.7. The van der Waals surface area contributed by atoms with Crippen LogP contribution in [0, 0.1) is 22.7 Å². The van der Waals surface area contributed by atoms with Crippen LogP contribution < -0.4 is 0 Å². The zero-order valence-corrected chi connectivity index (χ0v) is 34.1.